The number of para-hydroxylation sites is 2. The average Bonchev–Trinajstić information content (AvgIpc) is 3.11. The van der Waals surface area contributed by atoms with E-state index in [4.69, 9.17) is 5.73 Å². The molecule has 1 unspecified atom stereocenters. The molecule has 1 aliphatic rings. The van der Waals surface area contributed by atoms with Gasteiger partial charge < -0.3 is 21.1 Å². The van der Waals surface area contributed by atoms with Gasteiger partial charge in [-0.3, -0.25) is 14.3 Å². The van der Waals surface area contributed by atoms with Crippen LogP contribution in [0, 0.1) is 6.92 Å². The summed E-state index contributed by atoms with van der Waals surface area (Å²) in [5, 5.41) is 19.1. The lowest BCUT2D eigenvalue weighted by Gasteiger charge is -2.28. The van der Waals surface area contributed by atoms with Crippen LogP contribution in [-0.4, -0.2) is 26.7 Å². The molecule has 0 spiro atoms. The van der Waals surface area contributed by atoms with Crippen molar-refractivity contribution in [2.24, 2.45) is 12.8 Å². The minimum atomic E-state index is -2.02. The number of hydrogen-bond donors (Lipinski definition) is 3. The number of nitrogens with zero attached hydrogens (tertiary/aromatic N) is 3. The third kappa shape index (κ3) is 3.64. The van der Waals surface area contributed by atoms with E-state index in [2.05, 4.69) is 10.4 Å². The first kappa shape index (κ1) is 22.4. The van der Waals surface area contributed by atoms with Gasteiger partial charge in [-0.05, 0) is 42.3 Å². The minimum absolute atomic E-state index is 0.215. The van der Waals surface area contributed by atoms with Gasteiger partial charge in [0.1, 0.15) is 5.82 Å². The van der Waals surface area contributed by atoms with Gasteiger partial charge in [0.05, 0.1) is 24.1 Å². The van der Waals surface area contributed by atoms with E-state index in [0.717, 1.165) is 22.8 Å². The van der Waals surface area contributed by atoms with Gasteiger partial charge in [-0.1, -0.05) is 48.5 Å². The van der Waals surface area contributed by atoms with E-state index in [1.807, 2.05) is 31.3 Å². The van der Waals surface area contributed by atoms with Gasteiger partial charge in [-0.2, -0.15) is 5.10 Å². The van der Waals surface area contributed by atoms with Gasteiger partial charge in [-0.25, -0.2) is 0 Å². The fourth-order valence-electron chi connectivity index (χ4n) is 4.61. The smallest absolute Gasteiger partial charge is 0.258 e. The second kappa shape index (κ2) is 8.41. The molecule has 0 aliphatic carbocycles. The minimum Gasteiger partial charge on any atom is -0.372 e. The number of aliphatic hydroxyl groups is 1. The number of amides is 2. The van der Waals surface area contributed by atoms with Crippen LogP contribution >= 0.6 is 0 Å². The van der Waals surface area contributed by atoms with Crippen molar-refractivity contribution in [3.8, 4) is 0 Å². The van der Waals surface area contributed by atoms with Crippen molar-refractivity contribution in [3.05, 3.63) is 107 Å². The highest BCUT2D eigenvalue weighted by Gasteiger charge is 2.39. The summed E-state index contributed by atoms with van der Waals surface area (Å²) in [6.07, 6.45) is 1.75. The summed E-state index contributed by atoms with van der Waals surface area (Å²) in [4.78, 5) is 27.9. The molecule has 4 N–H and O–H groups in total. The molecule has 176 valence electrons. The number of nitrogens with two attached hydrogens (primary N) is 1. The van der Waals surface area contributed by atoms with E-state index in [9.17, 15) is 14.7 Å². The molecular weight excluding hydrogens is 442 g/mol. The number of carbonyl (C=O) groups excluding carboxylic acids is 2. The summed E-state index contributed by atoms with van der Waals surface area (Å²) in [6, 6.07) is 21.0. The summed E-state index contributed by atoms with van der Waals surface area (Å²) in [5.74, 6) is -0.274. The normalized spacial score (nSPS) is 14.2. The van der Waals surface area contributed by atoms with Crippen molar-refractivity contribution in [3.63, 3.8) is 0 Å². The molecule has 2 heterocycles. The maximum absolute atomic E-state index is 13.8. The van der Waals surface area contributed by atoms with Crippen molar-refractivity contribution >= 4 is 29.0 Å². The molecule has 1 aliphatic heterocycles. The van der Waals surface area contributed by atoms with E-state index in [0.29, 0.717) is 28.8 Å². The highest BCUT2D eigenvalue weighted by molar-refractivity contribution is 6.08. The summed E-state index contributed by atoms with van der Waals surface area (Å²) in [5.41, 5.74) is 7.76. The van der Waals surface area contributed by atoms with Crippen molar-refractivity contribution in [1.82, 2.24) is 9.78 Å². The van der Waals surface area contributed by atoms with Gasteiger partial charge in [0.2, 0.25) is 0 Å². The van der Waals surface area contributed by atoms with Crippen molar-refractivity contribution in [1.29, 1.82) is 0 Å². The number of fused-ring (bicyclic) bond motifs is 2. The number of hydrogen-bond acceptors (Lipinski definition) is 5. The van der Waals surface area contributed by atoms with Gasteiger partial charge in [0.15, 0.2) is 5.60 Å². The zero-order valence-corrected chi connectivity index (χ0v) is 19.4. The molecular formula is C27H25N5O3. The monoisotopic (exact) mass is 467 g/mol. The van der Waals surface area contributed by atoms with Crippen LogP contribution in [0.1, 0.15) is 32.6 Å². The van der Waals surface area contributed by atoms with Crippen molar-refractivity contribution in [2.45, 2.75) is 19.1 Å². The molecule has 4 aromatic rings. The first-order chi connectivity index (χ1) is 16.8. The van der Waals surface area contributed by atoms with E-state index in [-0.39, 0.29) is 5.91 Å². The first-order valence-corrected chi connectivity index (χ1v) is 11.2. The molecule has 0 fully saturated rings. The third-order valence-corrected chi connectivity index (χ3v) is 6.45. The Morgan fingerprint density at radius 3 is 2.49 bits per heavy atom. The predicted octanol–water partition coefficient (Wildman–Crippen LogP) is 3.35. The Balaban J connectivity index is 1.56. The fraction of sp³-hybridized carbons (Fsp3) is 0.148. The highest BCUT2D eigenvalue weighted by atomic mass is 16.3. The average molecular weight is 468 g/mol. The molecule has 8 nitrogen and oxygen atoms in total. The maximum atomic E-state index is 13.8. The number of aromatic nitrogens is 2. The van der Waals surface area contributed by atoms with Crippen LogP contribution in [0.3, 0.4) is 0 Å². The Kier molecular flexibility index (Phi) is 5.37. The number of rotatable bonds is 4. The Morgan fingerprint density at radius 2 is 1.77 bits per heavy atom. The van der Waals surface area contributed by atoms with Crippen LogP contribution in [0.2, 0.25) is 0 Å². The predicted molar refractivity (Wildman–Crippen MR) is 133 cm³/mol. The topological polar surface area (TPSA) is 113 Å². The van der Waals surface area contributed by atoms with Crippen LogP contribution in [0.25, 0.3) is 0 Å². The summed E-state index contributed by atoms with van der Waals surface area (Å²) in [6.45, 7) is 2.09. The fourth-order valence-corrected chi connectivity index (χ4v) is 4.61. The number of benzene rings is 3. The van der Waals surface area contributed by atoms with E-state index >= 15 is 0 Å². The lowest BCUT2D eigenvalue weighted by molar-refractivity contribution is -0.133. The maximum Gasteiger partial charge on any atom is 0.258 e. The van der Waals surface area contributed by atoms with Crippen LogP contribution in [0.4, 0.5) is 17.2 Å². The Hall–Kier alpha value is -4.43. The Bertz CT molecular complexity index is 1450. The quantitative estimate of drug-likeness (QED) is 0.426. The Labute approximate surface area is 202 Å². The van der Waals surface area contributed by atoms with Gasteiger partial charge >= 0.3 is 0 Å². The highest BCUT2D eigenvalue weighted by Crippen LogP contribution is 2.37. The summed E-state index contributed by atoms with van der Waals surface area (Å²) >= 11 is 0. The largest absolute Gasteiger partial charge is 0.372 e. The summed E-state index contributed by atoms with van der Waals surface area (Å²) in [7, 11) is 1.85. The summed E-state index contributed by atoms with van der Waals surface area (Å²) < 4.78 is 1.74. The zero-order valence-electron chi connectivity index (χ0n) is 19.4. The molecule has 0 radical (unpaired) electrons. The van der Waals surface area contributed by atoms with Crippen molar-refractivity contribution in [2.75, 3.05) is 10.2 Å². The molecule has 3 aromatic carbocycles. The molecule has 5 rings (SSSR count). The van der Waals surface area contributed by atoms with Crippen LogP contribution in [-0.2, 0) is 24.0 Å². The van der Waals surface area contributed by atoms with Crippen LogP contribution in [0.15, 0.2) is 79.0 Å². The molecule has 8 heteroatoms. The zero-order chi connectivity index (χ0) is 24.7. The second-order valence-corrected chi connectivity index (χ2v) is 8.65. The molecule has 0 bridgehead atoms. The van der Waals surface area contributed by atoms with Crippen LogP contribution in [0.5, 0.6) is 0 Å². The number of carbonyl (C=O) groups is 2. The van der Waals surface area contributed by atoms with Crippen molar-refractivity contribution < 1.29 is 14.7 Å². The van der Waals surface area contributed by atoms with Gasteiger partial charge in [0.25, 0.3) is 11.8 Å². The Morgan fingerprint density at radius 1 is 1.06 bits per heavy atom. The van der Waals surface area contributed by atoms with E-state index < -0.39 is 11.5 Å². The first-order valence-electron chi connectivity index (χ1n) is 11.2. The second-order valence-electron chi connectivity index (χ2n) is 8.65. The lowest BCUT2D eigenvalue weighted by atomic mass is 9.82. The number of aryl methyl sites for hydroxylation is 2. The SMILES string of the molecule is Cc1cc(C(=O)N2Cc3cnn(C)c3Nc3ccccc32)ccc1C(O)(C(N)=O)c1ccccc1. The van der Waals surface area contributed by atoms with Gasteiger partial charge in [0, 0.05) is 23.7 Å². The number of anilines is 3. The molecule has 0 saturated heterocycles. The molecule has 35 heavy (non-hydrogen) atoms. The molecule has 1 aromatic heterocycles. The van der Waals surface area contributed by atoms with E-state index in [1.54, 1.807) is 71.2 Å². The number of primary amides is 1. The molecule has 1 atom stereocenters. The molecule has 2 amide bonds. The lowest BCUT2D eigenvalue weighted by Crippen LogP contribution is -2.42. The van der Waals surface area contributed by atoms with Gasteiger partial charge in [-0.15, -0.1) is 0 Å². The third-order valence-electron chi connectivity index (χ3n) is 6.45. The standard InChI is InChI=1S/C27H25N5O3/c1-17-14-18(12-13-21(17)27(35,26(28)34)20-8-4-3-5-9-20)25(33)32-16-19-15-29-31(2)24(19)30-22-10-6-7-11-23(22)32/h3-15,30,35H,16H2,1-2H3,(H2,28,34). The molecule has 0 saturated carbocycles. The van der Waals surface area contributed by atoms with E-state index in [1.165, 1.54) is 0 Å². The number of nitrogens with one attached hydrogen (secondary N) is 1. The van der Waals surface area contributed by atoms with Crippen LogP contribution < -0.4 is 16.0 Å².